The lowest BCUT2D eigenvalue weighted by atomic mass is 10.1. The molecule has 1 heterocycles. The lowest BCUT2D eigenvalue weighted by Gasteiger charge is -2.28. The first-order valence-electron chi connectivity index (χ1n) is 10.8. The molecule has 1 aliphatic heterocycles. The van der Waals surface area contributed by atoms with Gasteiger partial charge in [-0.25, -0.2) is 14.3 Å². The first-order valence-corrected chi connectivity index (χ1v) is 10.8. The molecule has 0 aromatic heterocycles. The number of para-hydroxylation sites is 2. The van der Waals surface area contributed by atoms with Crippen molar-refractivity contribution in [2.75, 3.05) is 12.0 Å². The Morgan fingerprint density at radius 1 is 1.03 bits per heavy atom. The van der Waals surface area contributed by atoms with Gasteiger partial charge >= 0.3 is 0 Å². The number of amides is 4. The summed E-state index contributed by atoms with van der Waals surface area (Å²) in [5, 5.41) is 0.838. The molecule has 4 rings (SSSR count). The van der Waals surface area contributed by atoms with Crippen molar-refractivity contribution in [2.24, 2.45) is 0 Å². The van der Waals surface area contributed by atoms with Crippen LogP contribution in [0.4, 0.5) is 10.1 Å². The highest BCUT2D eigenvalue weighted by Gasteiger charge is 2.46. The van der Waals surface area contributed by atoms with Gasteiger partial charge in [-0.15, -0.1) is 0 Å². The lowest BCUT2D eigenvalue weighted by molar-refractivity contribution is -0.122. The van der Waals surface area contributed by atoms with Crippen LogP contribution in [0.15, 0.2) is 72.8 Å². The van der Waals surface area contributed by atoms with Crippen LogP contribution >= 0.6 is 0 Å². The van der Waals surface area contributed by atoms with E-state index in [-0.39, 0.29) is 22.6 Å². The molecule has 8 nitrogen and oxygen atoms in total. The van der Waals surface area contributed by atoms with E-state index in [0.717, 1.165) is 16.6 Å². The SMILES string of the molecule is COc1ccccc1C(=O)NN(C(=O)c1cccc(C)c1)C1CC(=O)N(c2ccccc2F)C1=O. The van der Waals surface area contributed by atoms with Crippen LogP contribution in [0.5, 0.6) is 5.75 Å². The molecule has 1 fully saturated rings. The Labute approximate surface area is 200 Å². The number of carbonyl (C=O) groups excluding carboxylic acids is 4. The Balaban J connectivity index is 1.72. The zero-order chi connectivity index (χ0) is 25.1. The van der Waals surface area contributed by atoms with E-state index in [1.807, 2.05) is 0 Å². The van der Waals surface area contributed by atoms with Gasteiger partial charge in [0.25, 0.3) is 17.7 Å². The number of hydrogen-bond donors (Lipinski definition) is 1. The summed E-state index contributed by atoms with van der Waals surface area (Å²) in [5.41, 5.74) is 3.37. The number of rotatable bonds is 5. The molecule has 1 atom stereocenters. The van der Waals surface area contributed by atoms with Crippen LogP contribution in [0.3, 0.4) is 0 Å². The summed E-state index contributed by atoms with van der Waals surface area (Å²) >= 11 is 0. The second-order valence-electron chi connectivity index (χ2n) is 7.92. The summed E-state index contributed by atoms with van der Waals surface area (Å²) < 4.78 is 19.6. The number of carbonyl (C=O) groups is 4. The second kappa shape index (κ2) is 9.76. The molecule has 9 heteroatoms. The molecule has 178 valence electrons. The van der Waals surface area contributed by atoms with Gasteiger partial charge in [0.15, 0.2) is 0 Å². The van der Waals surface area contributed by atoms with Crippen molar-refractivity contribution in [2.45, 2.75) is 19.4 Å². The third-order valence-corrected chi connectivity index (χ3v) is 5.59. The van der Waals surface area contributed by atoms with E-state index in [1.54, 1.807) is 43.3 Å². The minimum absolute atomic E-state index is 0.125. The summed E-state index contributed by atoms with van der Waals surface area (Å²) in [7, 11) is 1.40. The van der Waals surface area contributed by atoms with Gasteiger partial charge in [0, 0.05) is 5.56 Å². The molecule has 35 heavy (non-hydrogen) atoms. The van der Waals surface area contributed by atoms with E-state index in [0.29, 0.717) is 4.90 Å². The largest absolute Gasteiger partial charge is 0.496 e. The van der Waals surface area contributed by atoms with Crippen molar-refractivity contribution < 1.29 is 28.3 Å². The highest BCUT2D eigenvalue weighted by molar-refractivity contribution is 6.23. The summed E-state index contributed by atoms with van der Waals surface area (Å²) in [4.78, 5) is 53.4. The van der Waals surface area contributed by atoms with Crippen LogP contribution in [-0.4, -0.2) is 41.8 Å². The Kier molecular flexibility index (Phi) is 6.59. The van der Waals surface area contributed by atoms with Crippen molar-refractivity contribution in [3.63, 3.8) is 0 Å². The maximum atomic E-state index is 14.4. The highest BCUT2D eigenvalue weighted by atomic mass is 19.1. The molecular weight excluding hydrogens is 453 g/mol. The normalized spacial score (nSPS) is 15.2. The predicted octanol–water partition coefficient (Wildman–Crippen LogP) is 3.26. The number of hydrogen-bond acceptors (Lipinski definition) is 5. The van der Waals surface area contributed by atoms with Crippen molar-refractivity contribution >= 4 is 29.3 Å². The number of imide groups is 1. The standard InChI is InChI=1S/C26H22FN3O5/c1-16-8-7-9-17(14-16)25(33)30(28-24(32)18-10-3-6-13-22(18)35-2)21-15-23(31)29(26(21)34)20-12-5-4-11-19(20)27/h3-14,21H,15H2,1-2H3,(H,28,32). The van der Waals surface area contributed by atoms with Crippen molar-refractivity contribution in [1.29, 1.82) is 0 Å². The Morgan fingerprint density at radius 2 is 1.74 bits per heavy atom. The van der Waals surface area contributed by atoms with Gasteiger partial charge in [-0.1, -0.05) is 42.0 Å². The van der Waals surface area contributed by atoms with E-state index in [2.05, 4.69) is 5.43 Å². The summed E-state index contributed by atoms with van der Waals surface area (Å²) in [6.45, 7) is 1.79. The molecule has 3 aromatic carbocycles. The number of ether oxygens (including phenoxy) is 1. The summed E-state index contributed by atoms with van der Waals surface area (Å²) in [6.07, 6.45) is -0.434. The number of hydrazine groups is 1. The number of aryl methyl sites for hydroxylation is 1. The number of nitrogens with zero attached hydrogens (tertiary/aromatic N) is 2. The molecule has 1 saturated heterocycles. The van der Waals surface area contributed by atoms with Gasteiger partial charge in [0.2, 0.25) is 5.91 Å². The maximum absolute atomic E-state index is 14.4. The fraction of sp³-hybridized carbons (Fsp3) is 0.154. The monoisotopic (exact) mass is 475 g/mol. The van der Waals surface area contributed by atoms with Crippen LogP contribution < -0.4 is 15.1 Å². The average molecular weight is 475 g/mol. The van der Waals surface area contributed by atoms with Crippen molar-refractivity contribution in [1.82, 2.24) is 10.4 Å². The third-order valence-electron chi connectivity index (χ3n) is 5.59. The van der Waals surface area contributed by atoms with Crippen molar-refractivity contribution in [3.8, 4) is 5.75 Å². The Morgan fingerprint density at radius 3 is 2.46 bits per heavy atom. The summed E-state index contributed by atoms with van der Waals surface area (Å²) in [6, 6.07) is 16.9. The molecule has 1 N–H and O–H groups in total. The van der Waals surface area contributed by atoms with Crippen LogP contribution in [-0.2, 0) is 9.59 Å². The molecule has 0 bridgehead atoms. The molecule has 0 spiro atoms. The van der Waals surface area contributed by atoms with Gasteiger partial charge in [-0.05, 0) is 43.3 Å². The van der Waals surface area contributed by atoms with Gasteiger partial charge < -0.3 is 4.74 Å². The zero-order valence-corrected chi connectivity index (χ0v) is 19.0. The third kappa shape index (κ3) is 4.61. The second-order valence-corrected chi connectivity index (χ2v) is 7.92. The van der Waals surface area contributed by atoms with Crippen molar-refractivity contribution in [3.05, 3.63) is 95.3 Å². The van der Waals surface area contributed by atoms with Crippen LogP contribution in [0.2, 0.25) is 0 Å². The Bertz CT molecular complexity index is 1330. The minimum Gasteiger partial charge on any atom is -0.496 e. The highest BCUT2D eigenvalue weighted by Crippen LogP contribution is 2.28. The number of anilines is 1. The lowest BCUT2D eigenvalue weighted by Crippen LogP contribution is -2.54. The molecule has 1 unspecified atom stereocenters. The average Bonchev–Trinajstić information content (AvgIpc) is 3.15. The maximum Gasteiger partial charge on any atom is 0.273 e. The number of methoxy groups -OCH3 is 1. The fourth-order valence-corrected chi connectivity index (χ4v) is 3.89. The van der Waals surface area contributed by atoms with E-state index in [9.17, 15) is 23.6 Å². The predicted molar refractivity (Wildman–Crippen MR) is 125 cm³/mol. The quantitative estimate of drug-likeness (QED) is 0.452. The van der Waals surface area contributed by atoms with E-state index in [1.165, 1.54) is 37.4 Å². The fourth-order valence-electron chi connectivity index (χ4n) is 3.89. The molecule has 0 aliphatic carbocycles. The van der Waals surface area contributed by atoms with Crippen LogP contribution in [0.25, 0.3) is 0 Å². The van der Waals surface area contributed by atoms with Gasteiger partial charge in [-0.3, -0.25) is 24.6 Å². The van der Waals surface area contributed by atoms with E-state index < -0.39 is 41.9 Å². The zero-order valence-electron chi connectivity index (χ0n) is 19.0. The van der Waals surface area contributed by atoms with Crippen LogP contribution in [0, 0.1) is 12.7 Å². The van der Waals surface area contributed by atoms with Gasteiger partial charge in [0.05, 0.1) is 24.8 Å². The first kappa shape index (κ1) is 23.6. The smallest absolute Gasteiger partial charge is 0.273 e. The van der Waals surface area contributed by atoms with E-state index >= 15 is 0 Å². The number of nitrogens with one attached hydrogen (secondary N) is 1. The topological polar surface area (TPSA) is 96.0 Å². The number of halogens is 1. The van der Waals surface area contributed by atoms with Gasteiger partial charge in [0.1, 0.15) is 17.6 Å². The molecular formula is C26H22FN3O5. The van der Waals surface area contributed by atoms with E-state index in [4.69, 9.17) is 4.74 Å². The molecule has 0 saturated carbocycles. The first-order chi connectivity index (χ1) is 16.8. The molecule has 1 aliphatic rings. The Hall–Kier alpha value is -4.53. The minimum atomic E-state index is -1.38. The number of benzene rings is 3. The van der Waals surface area contributed by atoms with Gasteiger partial charge in [-0.2, -0.15) is 0 Å². The molecule has 0 radical (unpaired) electrons. The molecule has 3 aromatic rings. The summed E-state index contributed by atoms with van der Waals surface area (Å²) in [5.74, 6) is -3.44. The van der Waals surface area contributed by atoms with Crippen LogP contribution in [0.1, 0.15) is 32.7 Å². The molecule has 4 amide bonds.